The average molecular weight is 345 g/mol. The molecule has 1 saturated carbocycles. The normalized spacial score (nSPS) is 23.4. The minimum absolute atomic E-state index is 0.340. The molecule has 0 aromatic heterocycles. The fraction of sp³-hybridized carbons (Fsp3) is 0.562. The highest BCUT2D eigenvalue weighted by molar-refractivity contribution is 5.96. The molecule has 1 aromatic carbocycles. The van der Waals surface area contributed by atoms with Crippen LogP contribution in [0.2, 0.25) is 0 Å². The van der Waals surface area contributed by atoms with Gasteiger partial charge in [-0.2, -0.15) is 13.2 Å². The molecule has 24 heavy (non-hydrogen) atoms. The molecule has 2 fully saturated rings. The smallest absolute Gasteiger partial charge is 0.417 e. The van der Waals surface area contributed by atoms with E-state index in [9.17, 15) is 23.1 Å². The molecule has 0 radical (unpaired) electrons. The minimum Gasteiger partial charge on any atom is -0.508 e. The Morgan fingerprint density at radius 2 is 2.00 bits per heavy atom. The average Bonchev–Trinajstić information content (AvgIpc) is 2.93. The second kappa shape index (κ2) is 6.25. The maximum absolute atomic E-state index is 13.1. The van der Waals surface area contributed by atoms with Gasteiger partial charge in [-0.25, -0.2) is 0 Å². The van der Waals surface area contributed by atoms with E-state index in [4.69, 9.17) is 9.47 Å². The Kier molecular flexibility index (Phi) is 4.44. The fourth-order valence-electron chi connectivity index (χ4n) is 3.31. The van der Waals surface area contributed by atoms with Gasteiger partial charge in [0, 0.05) is 18.9 Å². The lowest BCUT2D eigenvalue weighted by Crippen LogP contribution is -2.46. The summed E-state index contributed by atoms with van der Waals surface area (Å²) in [6.45, 7) is 0.955. The molecular formula is C16H18F3NO4. The number of amides is 1. The molecule has 1 unspecified atom stereocenters. The molecule has 1 amide bonds. The van der Waals surface area contributed by atoms with Crippen molar-refractivity contribution in [2.24, 2.45) is 0 Å². The molecule has 1 aliphatic carbocycles. The third kappa shape index (κ3) is 3.49. The lowest BCUT2D eigenvalue weighted by molar-refractivity contribution is -0.181. The summed E-state index contributed by atoms with van der Waals surface area (Å²) in [5.41, 5.74) is -1.66. The number of hydrogen-bond acceptors (Lipinski definition) is 4. The number of ether oxygens (including phenoxy) is 2. The van der Waals surface area contributed by atoms with Crippen molar-refractivity contribution >= 4 is 5.91 Å². The van der Waals surface area contributed by atoms with E-state index in [1.165, 1.54) is 0 Å². The summed E-state index contributed by atoms with van der Waals surface area (Å²) in [5, 5.41) is 12.1. The zero-order chi connectivity index (χ0) is 17.4. The zero-order valence-electron chi connectivity index (χ0n) is 12.9. The quantitative estimate of drug-likeness (QED) is 0.865. The van der Waals surface area contributed by atoms with Crippen molar-refractivity contribution in [3.05, 3.63) is 29.3 Å². The number of nitrogens with one attached hydrogen (secondary N) is 1. The van der Waals surface area contributed by atoms with Gasteiger partial charge in [-0.3, -0.25) is 4.79 Å². The third-order valence-electron chi connectivity index (χ3n) is 4.37. The number of hydrogen-bond donors (Lipinski definition) is 2. The van der Waals surface area contributed by atoms with Crippen LogP contribution in [0.1, 0.15) is 41.6 Å². The van der Waals surface area contributed by atoms with E-state index in [0.717, 1.165) is 18.6 Å². The maximum atomic E-state index is 13.1. The molecule has 1 heterocycles. The maximum Gasteiger partial charge on any atom is 0.417 e. The molecule has 8 heteroatoms. The van der Waals surface area contributed by atoms with Crippen LogP contribution in [-0.2, 0) is 15.7 Å². The van der Waals surface area contributed by atoms with Gasteiger partial charge in [0.05, 0.1) is 24.3 Å². The molecule has 3 rings (SSSR count). The number of halogens is 3. The number of carbonyl (C=O) groups is 1. The molecule has 1 saturated heterocycles. The van der Waals surface area contributed by atoms with Crippen LogP contribution in [0.5, 0.6) is 5.75 Å². The molecule has 1 aliphatic heterocycles. The van der Waals surface area contributed by atoms with E-state index in [-0.39, 0.29) is 6.04 Å². The van der Waals surface area contributed by atoms with E-state index in [1.807, 2.05) is 0 Å². The van der Waals surface area contributed by atoms with Crippen molar-refractivity contribution < 1.29 is 32.5 Å². The first-order valence-corrected chi connectivity index (χ1v) is 7.78. The van der Waals surface area contributed by atoms with Crippen LogP contribution in [-0.4, -0.2) is 36.1 Å². The van der Waals surface area contributed by atoms with Crippen LogP contribution in [0.15, 0.2) is 18.2 Å². The van der Waals surface area contributed by atoms with Crippen molar-refractivity contribution in [3.63, 3.8) is 0 Å². The van der Waals surface area contributed by atoms with Crippen LogP contribution >= 0.6 is 0 Å². The molecule has 132 valence electrons. The topological polar surface area (TPSA) is 67.8 Å². The number of benzene rings is 1. The van der Waals surface area contributed by atoms with Crippen LogP contribution in [0, 0.1) is 0 Å². The van der Waals surface area contributed by atoms with Gasteiger partial charge in [0.25, 0.3) is 5.91 Å². The summed E-state index contributed by atoms with van der Waals surface area (Å²) in [5.74, 6) is -1.99. The second-order valence-electron chi connectivity index (χ2n) is 6.10. The van der Waals surface area contributed by atoms with Gasteiger partial charge in [0.2, 0.25) is 0 Å². The molecule has 5 nitrogen and oxygen atoms in total. The highest BCUT2D eigenvalue weighted by Crippen LogP contribution is 2.37. The predicted molar refractivity (Wildman–Crippen MR) is 77.5 cm³/mol. The summed E-state index contributed by atoms with van der Waals surface area (Å²) in [4.78, 5) is 12.3. The summed E-state index contributed by atoms with van der Waals surface area (Å²) >= 11 is 0. The van der Waals surface area contributed by atoms with Gasteiger partial charge < -0.3 is 19.9 Å². The highest BCUT2D eigenvalue weighted by atomic mass is 19.4. The SMILES string of the molecule is O=C(NC1CCCC2(C1)OCCO2)c1cc(O)ccc1C(F)(F)F. The molecule has 2 aliphatic rings. The number of aromatic hydroxyl groups is 1. The first-order chi connectivity index (χ1) is 11.3. The first kappa shape index (κ1) is 17.0. The number of phenols is 1. The Balaban J connectivity index is 1.76. The lowest BCUT2D eigenvalue weighted by atomic mass is 9.89. The van der Waals surface area contributed by atoms with Crippen molar-refractivity contribution in [2.75, 3.05) is 13.2 Å². The summed E-state index contributed by atoms with van der Waals surface area (Å²) in [6.07, 6.45) is -2.18. The van der Waals surface area contributed by atoms with E-state index < -0.39 is 34.7 Å². The van der Waals surface area contributed by atoms with Gasteiger partial charge in [-0.15, -0.1) is 0 Å². The van der Waals surface area contributed by atoms with Gasteiger partial charge in [-0.1, -0.05) is 0 Å². The minimum atomic E-state index is -4.67. The molecule has 2 N–H and O–H groups in total. The molecule has 1 atom stereocenters. The summed E-state index contributed by atoms with van der Waals surface area (Å²) < 4.78 is 50.4. The fourth-order valence-corrected chi connectivity index (χ4v) is 3.31. The lowest BCUT2D eigenvalue weighted by Gasteiger charge is -2.36. The molecular weight excluding hydrogens is 327 g/mol. The van der Waals surface area contributed by atoms with Gasteiger partial charge in [-0.05, 0) is 31.0 Å². The third-order valence-corrected chi connectivity index (χ3v) is 4.37. The Morgan fingerprint density at radius 3 is 2.67 bits per heavy atom. The van der Waals surface area contributed by atoms with E-state index in [1.54, 1.807) is 0 Å². The number of alkyl halides is 3. The van der Waals surface area contributed by atoms with Gasteiger partial charge >= 0.3 is 6.18 Å². The summed E-state index contributed by atoms with van der Waals surface area (Å²) in [6, 6.07) is 2.11. The van der Waals surface area contributed by atoms with Crippen LogP contribution in [0.3, 0.4) is 0 Å². The predicted octanol–water partition coefficient (Wildman–Crippen LogP) is 2.83. The molecule has 1 spiro atoms. The van der Waals surface area contributed by atoms with E-state index >= 15 is 0 Å². The standard InChI is InChI=1S/C16H18F3NO4/c17-16(18,19)13-4-3-11(21)8-12(13)14(22)20-10-2-1-5-15(9-10)23-6-7-24-15/h3-4,8,10,21H,1-2,5-7,9H2,(H,20,22). The Bertz CT molecular complexity index is 626. The Morgan fingerprint density at radius 1 is 1.29 bits per heavy atom. The molecule has 0 bridgehead atoms. The van der Waals surface area contributed by atoms with E-state index in [0.29, 0.717) is 38.5 Å². The Hall–Kier alpha value is -1.80. The van der Waals surface area contributed by atoms with Gasteiger partial charge in [0.1, 0.15) is 5.75 Å². The highest BCUT2D eigenvalue weighted by Gasteiger charge is 2.42. The monoisotopic (exact) mass is 345 g/mol. The summed E-state index contributed by atoms with van der Waals surface area (Å²) in [7, 11) is 0. The largest absolute Gasteiger partial charge is 0.508 e. The number of rotatable bonds is 2. The second-order valence-corrected chi connectivity index (χ2v) is 6.10. The van der Waals surface area contributed by atoms with Crippen molar-refractivity contribution in [3.8, 4) is 5.75 Å². The van der Waals surface area contributed by atoms with Crippen LogP contribution < -0.4 is 5.32 Å². The van der Waals surface area contributed by atoms with E-state index in [2.05, 4.69) is 5.32 Å². The van der Waals surface area contributed by atoms with Crippen molar-refractivity contribution in [1.29, 1.82) is 0 Å². The van der Waals surface area contributed by atoms with Gasteiger partial charge in [0.15, 0.2) is 5.79 Å². The zero-order valence-corrected chi connectivity index (χ0v) is 12.9. The van der Waals surface area contributed by atoms with Crippen molar-refractivity contribution in [2.45, 2.75) is 43.7 Å². The van der Waals surface area contributed by atoms with Crippen LogP contribution in [0.4, 0.5) is 13.2 Å². The number of carbonyl (C=O) groups excluding carboxylic acids is 1. The number of phenolic OH excluding ortho intramolecular Hbond substituents is 1. The Labute approximate surface area is 136 Å². The first-order valence-electron chi connectivity index (χ1n) is 7.78. The van der Waals surface area contributed by atoms with Crippen LogP contribution in [0.25, 0.3) is 0 Å². The van der Waals surface area contributed by atoms with Crippen molar-refractivity contribution in [1.82, 2.24) is 5.32 Å². The molecule has 1 aromatic rings.